The van der Waals surface area contributed by atoms with Gasteiger partial charge in [-0.05, 0) is 32.6 Å². The Kier molecular flexibility index (Phi) is 4.19. The molecule has 19 heavy (non-hydrogen) atoms. The summed E-state index contributed by atoms with van der Waals surface area (Å²) in [5.41, 5.74) is 0.723. The predicted octanol–water partition coefficient (Wildman–Crippen LogP) is 1.44. The van der Waals surface area contributed by atoms with E-state index in [4.69, 9.17) is 9.26 Å². The van der Waals surface area contributed by atoms with Crippen LogP contribution in [0, 0.1) is 12.8 Å². The van der Waals surface area contributed by atoms with Crippen LogP contribution < -0.4 is 5.32 Å². The lowest BCUT2D eigenvalue weighted by molar-refractivity contribution is -0.146. The molecule has 6 heteroatoms. The second-order valence-electron chi connectivity index (χ2n) is 4.88. The molecule has 2 rings (SSSR count). The van der Waals surface area contributed by atoms with Crippen LogP contribution in [0.25, 0.3) is 0 Å². The van der Waals surface area contributed by atoms with E-state index < -0.39 is 0 Å². The van der Waals surface area contributed by atoms with Gasteiger partial charge >= 0.3 is 5.97 Å². The quantitative estimate of drug-likeness (QED) is 0.837. The van der Waals surface area contributed by atoms with Crippen LogP contribution in [-0.2, 0) is 9.53 Å². The SMILES string of the molecule is COC(=O)C1CCC(NC(=O)c2oncc2C)CC1. The van der Waals surface area contributed by atoms with Gasteiger partial charge in [0.2, 0.25) is 5.76 Å². The van der Waals surface area contributed by atoms with Gasteiger partial charge in [0.25, 0.3) is 5.91 Å². The second kappa shape index (κ2) is 5.86. The summed E-state index contributed by atoms with van der Waals surface area (Å²) in [5, 5.41) is 6.50. The minimum Gasteiger partial charge on any atom is -0.469 e. The summed E-state index contributed by atoms with van der Waals surface area (Å²) >= 11 is 0. The van der Waals surface area contributed by atoms with E-state index in [1.807, 2.05) is 0 Å². The lowest BCUT2D eigenvalue weighted by Crippen LogP contribution is -2.39. The van der Waals surface area contributed by atoms with Crippen LogP contribution in [0.5, 0.6) is 0 Å². The van der Waals surface area contributed by atoms with Gasteiger partial charge in [0.05, 0.1) is 19.2 Å². The van der Waals surface area contributed by atoms with Crippen LogP contribution >= 0.6 is 0 Å². The minimum atomic E-state index is -0.239. The summed E-state index contributed by atoms with van der Waals surface area (Å²) in [6, 6.07) is 0.0814. The number of carbonyl (C=O) groups is 2. The fourth-order valence-electron chi connectivity index (χ4n) is 2.40. The maximum Gasteiger partial charge on any atom is 0.308 e. The molecule has 6 nitrogen and oxygen atoms in total. The number of nitrogens with one attached hydrogen (secondary N) is 1. The molecule has 1 aliphatic carbocycles. The van der Waals surface area contributed by atoms with Gasteiger partial charge in [-0.25, -0.2) is 0 Å². The van der Waals surface area contributed by atoms with Crippen molar-refractivity contribution in [3.63, 3.8) is 0 Å². The highest BCUT2D eigenvalue weighted by molar-refractivity contribution is 5.92. The van der Waals surface area contributed by atoms with Gasteiger partial charge in [0.15, 0.2) is 0 Å². The summed E-state index contributed by atoms with van der Waals surface area (Å²) in [6.45, 7) is 1.78. The van der Waals surface area contributed by atoms with Crippen LogP contribution in [0.2, 0.25) is 0 Å². The number of esters is 1. The second-order valence-corrected chi connectivity index (χ2v) is 4.88. The monoisotopic (exact) mass is 266 g/mol. The molecule has 1 aliphatic rings. The zero-order valence-electron chi connectivity index (χ0n) is 11.1. The molecule has 1 aromatic rings. The highest BCUT2D eigenvalue weighted by atomic mass is 16.5. The van der Waals surface area contributed by atoms with Crippen LogP contribution in [0.1, 0.15) is 41.8 Å². The number of methoxy groups -OCH3 is 1. The van der Waals surface area contributed by atoms with Gasteiger partial charge in [-0.15, -0.1) is 0 Å². The normalized spacial score (nSPS) is 22.8. The number of rotatable bonds is 3. The largest absolute Gasteiger partial charge is 0.469 e. The molecule has 0 saturated heterocycles. The lowest BCUT2D eigenvalue weighted by Gasteiger charge is -2.27. The first kappa shape index (κ1) is 13.6. The third kappa shape index (κ3) is 3.13. The van der Waals surface area contributed by atoms with Gasteiger partial charge in [-0.3, -0.25) is 9.59 Å². The third-order valence-electron chi connectivity index (χ3n) is 3.55. The fourth-order valence-corrected chi connectivity index (χ4v) is 2.40. The number of hydrogen-bond acceptors (Lipinski definition) is 5. The van der Waals surface area contributed by atoms with Gasteiger partial charge < -0.3 is 14.6 Å². The third-order valence-corrected chi connectivity index (χ3v) is 3.55. The standard InChI is InChI=1S/C13H18N2O4/c1-8-7-14-19-11(8)12(16)15-10-5-3-9(4-6-10)13(17)18-2/h7,9-10H,3-6H2,1-2H3,(H,15,16). The topological polar surface area (TPSA) is 81.4 Å². The average Bonchev–Trinajstić information content (AvgIpc) is 2.85. The molecule has 0 spiro atoms. The molecule has 0 atom stereocenters. The predicted molar refractivity (Wildman–Crippen MR) is 66.5 cm³/mol. The Morgan fingerprint density at radius 2 is 2.05 bits per heavy atom. The van der Waals surface area contributed by atoms with Crippen molar-refractivity contribution in [2.24, 2.45) is 5.92 Å². The molecule has 0 aromatic carbocycles. The maximum atomic E-state index is 11.9. The zero-order valence-corrected chi connectivity index (χ0v) is 11.1. The van der Waals surface area contributed by atoms with Gasteiger partial charge in [-0.1, -0.05) is 5.16 Å². The Labute approximate surface area is 111 Å². The summed E-state index contributed by atoms with van der Waals surface area (Å²) in [7, 11) is 1.41. The molecule has 1 aromatic heterocycles. The maximum absolute atomic E-state index is 11.9. The molecule has 1 heterocycles. The highest BCUT2D eigenvalue weighted by Gasteiger charge is 2.28. The van der Waals surface area contributed by atoms with Gasteiger partial charge in [0, 0.05) is 11.6 Å². The first-order valence-electron chi connectivity index (χ1n) is 6.41. The summed E-state index contributed by atoms with van der Waals surface area (Å²) in [4.78, 5) is 23.3. The molecule has 0 aliphatic heterocycles. The molecule has 0 bridgehead atoms. The first-order valence-corrected chi connectivity index (χ1v) is 6.41. The van der Waals surface area contributed by atoms with Crippen LogP contribution in [-0.4, -0.2) is 30.2 Å². The lowest BCUT2D eigenvalue weighted by atomic mass is 9.86. The van der Waals surface area contributed by atoms with E-state index in [9.17, 15) is 9.59 Å². The molecule has 1 N–H and O–H groups in total. The molecule has 1 fully saturated rings. The van der Waals surface area contributed by atoms with E-state index in [0.29, 0.717) is 0 Å². The van der Waals surface area contributed by atoms with Gasteiger partial charge in [0.1, 0.15) is 0 Å². The molecular formula is C13H18N2O4. The van der Waals surface area contributed by atoms with Crippen molar-refractivity contribution < 1.29 is 18.8 Å². The number of aromatic nitrogens is 1. The molecule has 1 amide bonds. The van der Waals surface area contributed by atoms with Crippen molar-refractivity contribution in [3.8, 4) is 0 Å². The van der Waals surface area contributed by atoms with Crippen molar-refractivity contribution in [1.29, 1.82) is 0 Å². The Balaban J connectivity index is 1.85. The fraction of sp³-hybridized carbons (Fsp3) is 0.615. The number of ether oxygens (including phenoxy) is 1. The van der Waals surface area contributed by atoms with Gasteiger partial charge in [-0.2, -0.15) is 0 Å². The van der Waals surface area contributed by atoms with Crippen molar-refractivity contribution >= 4 is 11.9 Å². The highest BCUT2D eigenvalue weighted by Crippen LogP contribution is 2.25. The van der Waals surface area contributed by atoms with Crippen LogP contribution in [0.15, 0.2) is 10.7 Å². The molecule has 0 radical (unpaired) electrons. The van der Waals surface area contributed by atoms with E-state index in [0.717, 1.165) is 31.2 Å². The summed E-state index contributed by atoms with van der Waals surface area (Å²) in [6.07, 6.45) is 4.56. The molecular weight excluding hydrogens is 248 g/mol. The summed E-state index contributed by atoms with van der Waals surface area (Å²) in [5.74, 6) is -0.173. The Hall–Kier alpha value is -1.85. The van der Waals surface area contributed by atoms with Crippen molar-refractivity contribution in [2.75, 3.05) is 7.11 Å². The van der Waals surface area contributed by atoms with E-state index in [1.165, 1.54) is 13.3 Å². The number of hydrogen-bond donors (Lipinski definition) is 1. The number of aryl methyl sites for hydroxylation is 1. The molecule has 0 unspecified atom stereocenters. The van der Waals surface area contributed by atoms with E-state index in [2.05, 4.69) is 10.5 Å². The minimum absolute atomic E-state index is 0.0369. The Morgan fingerprint density at radius 1 is 1.37 bits per heavy atom. The first-order chi connectivity index (χ1) is 9.11. The Morgan fingerprint density at radius 3 is 2.58 bits per heavy atom. The molecule has 1 saturated carbocycles. The van der Waals surface area contributed by atoms with Crippen molar-refractivity contribution in [2.45, 2.75) is 38.6 Å². The number of amides is 1. The number of carbonyl (C=O) groups excluding carboxylic acids is 2. The van der Waals surface area contributed by atoms with E-state index in [-0.39, 0.29) is 29.6 Å². The van der Waals surface area contributed by atoms with E-state index >= 15 is 0 Å². The molecule has 104 valence electrons. The summed E-state index contributed by atoms with van der Waals surface area (Å²) < 4.78 is 9.64. The smallest absolute Gasteiger partial charge is 0.308 e. The number of nitrogens with zero attached hydrogens (tertiary/aromatic N) is 1. The van der Waals surface area contributed by atoms with E-state index in [1.54, 1.807) is 6.92 Å². The Bertz CT molecular complexity index is 461. The zero-order chi connectivity index (χ0) is 13.8. The van der Waals surface area contributed by atoms with Crippen LogP contribution in [0.3, 0.4) is 0 Å². The average molecular weight is 266 g/mol. The van der Waals surface area contributed by atoms with Crippen molar-refractivity contribution in [3.05, 3.63) is 17.5 Å². The van der Waals surface area contributed by atoms with Crippen molar-refractivity contribution in [1.82, 2.24) is 10.5 Å². The van der Waals surface area contributed by atoms with Crippen LogP contribution in [0.4, 0.5) is 0 Å².